The molecule has 0 atom stereocenters. The Balaban J connectivity index is 2.15. The number of carbonyl (C=O) groups excluding carboxylic acids is 1. The fourth-order valence-corrected chi connectivity index (χ4v) is 2.08. The molecule has 21 heavy (non-hydrogen) atoms. The molecule has 2 aromatic rings. The van der Waals surface area contributed by atoms with Gasteiger partial charge in [0, 0.05) is 16.9 Å². The van der Waals surface area contributed by atoms with E-state index >= 15 is 0 Å². The van der Waals surface area contributed by atoms with E-state index in [0.29, 0.717) is 22.8 Å². The zero-order valence-electron chi connectivity index (χ0n) is 11.5. The summed E-state index contributed by atoms with van der Waals surface area (Å²) in [7, 11) is 0. The van der Waals surface area contributed by atoms with E-state index in [9.17, 15) is 14.0 Å². The minimum absolute atomic E-state index is 0.0844. The average molecular weight is 310 g/mol. The van der Waals surface area contributed by atoms with Crippen molar-refractivity contribution in [3.8, 4) is 0 Å². The van der Waals surface area contributed by atoms with Gasteiger partial charge in [-0.3, -0.25) is 9.59 Å². The topological polar surface area (TPSA) is 74.8 Å². The number of anilines is 1. The summed E-state index contributed by atoms with van der Waals surface area (Å²) >= 11 is 5.63. The zero-order valence-corrected chi connectivity index (χ0v) is 12.2. The molecule has 5 nitrogen and oxygen atoms in total. The van der Waals surface area contributed by atoms with Crippen molar-refractivity contribution in [3.05, 3.63) is 56.5 Å². The molecule has 110 valence electrons. The van der Waals surface area contributed by atoms with E-state index in [1.165, 1.54) is 12.1 Å². The van der Waals surface area contributed by atoms with Gasteiger partial charge >= 0.3 is 0 Å². The van der Waals surface area contributed by atoms with Crippen LogP contribution in [-0.2, 0) is 11.2 Å². The van der Waals surface area contributed by atoms with Crippen molar-refractivity contribution in [1.29, 1.82) is 0 Å². The number of aromatic nitrogens is 2. The average Bonchev–Trinajstić information content (AvgIpc) is 2.38. The molecular formula is C14H13ClFN3O2. The van der Waals surface area contributed by atoms with Crippen LogP contribution in [0, 0.1) is 19.7 Å². The van der Waals surface area contributed by atoms with Crippen LogP contribution in [0.3, 0.4) is 0 Å². The van der Waals surface area contributed by atoms with Crippen molar-refractivity contribution >= 4 is 23.2 Å². The Morgan fingerprint density at radius 3 is 2.76 bits per heavy atom. The van der Waals surface area contributed by atoms with Crippen LogP contribution in [0.15, 0.2) is 23.0 Å². The van der Waals surface area contributed by atoms with Crippen LogP contribution in [0.2, 0.25) is 5.02 Å². The van der Waals surface area contributed by atoms with Gasteiger partial charge < -0.3 is 10.3 Å². The molecule has 1 amide bonds. The Bertz CT molecular complexity index is 758. The number of aromatic amines is 1. The summed E-state index contributed by atoms with van der Waals surface area (Å²) in [6.45, 7) is 3.33. The molecule has 1 heterocycles. The van der Waals surface area contributed by atoms with Crippen LogP contribution in [-0.4, -0.2) is 15.9 Å². The van der Waals surface area contributed by atoms with Gasteiger partial charge in [0.25, 0.3) is 5.56 Å². The maximum absolute atomic E-state index is 13.0. The summed E-state index contributed by atoms with van der Waals surface area (Å²) in [5.41, 5.74) is 0.822. The monoisotopic (exact) mass is 309 g/mol. The molecule has 0 aliphatic heterocycles. The minimum atomic E-state index is -0.565. The smallest absolute Gasteiger partial charge is 0.254 e. The van der Waals surface area contributed by atoms with Gasteiger partial charge in [-0.1, -0.05) is 11.6 Å². The lowest BCUT2D eigenvalue weighted by molar-refractivity contribution is -0.115. The molecule has 0 bridgehead atoms. The first kappa shape index (κ1) is 15.2. The fraction of sp³-hybridized carbons (Fsp3) is 0.214. The van der Waals surface area contributed by atoms with Crippen molar-refractivity contribution in [1.82, 2.24) is 9.97 Å². The summed E-state index contributed by atoms with van der Waals surface area (Å²) in [4.78, 5) is 30.4. The highest BCUT2D eigenvalue weighted by Gasteiger charge is 2.12. The van der Waals surface area contributed by atoms with Crippen molar-refractivity contribution < 1.29 is 9.18 Å². The number of hydrogen-bond acceptors (Lipinski definition) is 3. The van der Waals surface area contributed by atoms with Gasteiger partial charge in [-0.2, -0.15) is 0 Å². The number of hydrogen-bond donors (Lipinski definition) is 2. The van der Waals surface area contributed by atoms with E-state index in [2.05, 4.69) is 15.3 Å². The standard InChI is InChI=1S/C14H13ClFN3O2/c1-7-10(14(21)18-8(2)17-7)6-13(20)19-9-3-4-12(16)11(15)5-9/h3-5H,6H2,1-2H3,(H,19,20)(H,17,18,21). The Hall–Kier alpha value is -2.21. The fourth-order valence-electron chi connectivity index (χ4n) is 1.90. The van der Waals surface area contributed by atoms with Gasteiger partial charge in [0.2, 0.25) is 5.91 Å². The molecule has 0 spiro atoms. The molecule has 2 rings (SSSR count). The van der Waals surface area contributed by atoms with Crippen molar-refractivity contribution in [2.24, 2.45) is 0 Å². The molecule has 2 N–H and O–H groups in total. The SMILES string of the molecule is Cc1nc(C)c(CC(=O)Nc2ccc(F)c(Cl)c2)c(=O)[nH]1. The molecule has 1 aromatic heterocycles. The van der Waals surface area contributed by atoms with Crippen LogP contribution in [0.1, 0.15) is 17.1 Å². The lowest BCUT2D eigenvalue weighted by Crippen LogP contribution is -2.24. The number of nitrogens with one attached hydrogen (secondary N) is 2. The van der Waals surface area contributed by atoms with E-state index in [-0.39, 0.29) is 17.0 Å². The van der Waals surface area contributed by atoms with E-state index in [4.69, 9.17) is 11.6 Å². The number of aryl methyl sites for hydroxylation is 2. The predicted octanol–water partition coefficient (Wildman–Crippen LogP) is 2.36. The first-order valence-corrected chi connectivity index (χ1v) is 6.56. The number of nitrogens with zero attached hydrogens (tertiary/aromatic N) is 1. The predicted molar refractivity (Wildman–Crippen MR) is 78.1 cm³/mol. The number of carbonyl (C=O) groups is 1. The quantitative estimate of drug-likeness (QED) is 0.914. The summed E-state index contributed by atoms with van der Waals surface area (Å²) in [6, 6.07) is 3.85. The van der Waals surface area contributed by atoms with Crippen LogP contribution < -0.4 is 10.9 Å². The molecule has 0 saturated heterocycles. The second-order valence-corrected chi connectivity index (χ2v) is 4.98. The third-order valence-corrected chi connectivity index (χ3v) is 3.17. The largest absolute Gasteiger partial charge is 0.326 e. The molecule has 0 fully saturated rings. The highest BCUT2D eigenvalue weighted by molar-refractivity contribution is 6.31. The van der Waals surface area contributed by atoms with Crippen LogP contribution in [0.25, 0.3) is 0 Å². The zero-order chi connectivity index (χ0) is 15.6. The Labute approximate surface area is 125 Å². The van der Waals surface area contributed by atoms with Gasteiger partial charge in [-0.15, -0.1) is 0 Å². The van der Waals surface area contributed by atoms with Gasteiger partial charge in [0.15, 0.2) is 0 Å². The first-order valence-electron chi connectivity index (χ1n) is 6.18. The molecule has 0 saturated carbocycles. The summed E-state index contributed by atoms with van der Waals surface area (Å²) in [5.74, 6) is -0.478. The second kappa shape index (κ2) is 6.05. The van der Waals surface area contributed by atoms with Crippen LogP contribution in [0.4, 0.5) is 10.1 Å². The number of amides is 1. The van der Waals surface area contributed by atoms with Gasteiger partial charge in [-0.05, 0) is 32.0 Å². The Kier molecular flexibility index (Phi) is 4.37. The molecule has 0 unspecified atom stereocenters. The highest BCUT2D eigenvalue weighted by Crippen LogP contribution is 2.19. The Morgan fingerprint density at radius 2 is 2.14 bits per heavy atom. The normalized spacial score (nSPS) is 10.5. The van der Waals surface area contributed by atoms with Crippen molar-refractivity contribution in [3.63, 3.8) is 0 Å². The van der Waals surface area contributed by atoms with Crippen molar-refractivity contribution in [2.45, 2.75) is 20.3 Å². The van der Waals surface area contributed by atoms with Gasteiger partial charge in [-0.25, -0.2) is 9.37 Å². The van der Waals surface area contributed by atoms with Gasteiger partial charge in [0.1, 0.15) is 11.6 Å². The van der Waals surface area contributed by atoms with E-state index < -0.39 is 11.7 Å². The molecule has 0 aliphatic carbocycles. The van der Waals surface area contributed by atoms with E-state index in [0.717, 1.165) is 6.07 Å². The number of halogens is 2. The second-order valence-electron chi connectivity index (χ2n) is 4.57. The molecule has 7 heteroatoms. The van der Waals surface area contributed by atoms with E-state index in [1.807, 2.05) is 0 Å². The van der Waals surface area contributed by atoms with Crippen LogP contribution >= 0.6 is 11.6 Å². The van der Waals surface area contributed by atoms with E-state index in [1.54, 1.807) is 13.8 Å². The third kappa shape index (κ3) is 3.66. The molecule has 0 radical (unpaired) electrons. The molecular weight excluding hydrogens is 297 g/mol. The third-order valence-electron chi connectivity index (χ3n) is 2.88. The number of rotatable bonds is 3. The summed E-state index contributed by atoms with van der Waals surface area (Å²) in [5, 5.41) is 2.47. The summed E-state index contributed by atoms with van der Waals surface area (Å²) < 4.78 is 13.0. The van der Waals surface area contributed by atoms with Gasteiger partial charge in [0.05, 0.1) is 11.4 Å². The Morgan fingerprint density at radius 1 is 1.43 bits per heavy atom. The number of benzene rings is 1. The minimum Gasteiger partial charge on any atom is -0.326 e. The van der Waals surface area contributed by atoms with Crippen LogP contribution in [0.5, 0.6) is 0 Å². The molecule has 1 aromatic carbocycles. The molecule has 0 aliphatic rings. The maximum atomic E-state index is 13.0. The summed E-state index contributed by atoms with van der Waals surface area (Å²) in [6.07, 6.45) is -0.122. The highest BCUT2D eigenvalue weighted by atomic mass is 35.5. The maximum Gasteiger partial charge on any atom is 0.254 e. The lowest BCUT2D eigenvalue weighted by Gasteiger charge is -2.07. The lowest BCUT2D eigenvalue weighted by atomic mass is 10.1. The first-order chi connectivity index (χ1) is 9.86. The number of H-pyrrole nitrogens is 1. The van der Waals surface area contributed by atoms with Crippen molar-refractivity contribution in [2.75, 3.05) is 5.32 Å².